The van der Waals surface area contributed by atoms with Crippen LogP contribution >= 0.6 is 0 Å². The predicted molar refractivity (Wildman–Crippen MR) is 132 cm³/mol. The van der Waals surface area contributed by atoms with Gasteiger partial charge in [-0.25, -0.2) is 4.39 Å². The number of aromatic nitrogens is 1. The lowest BCUT2D eigenvalue weighted by molar-refractivity contribution is -0.140. The first kappa shape index (κ1) is 24.9. The molecule has 36 heavy (non-hydrogen) atoms. The fraction of sp³-hybridized carbons (Fsp3) is 0.250. The van der Waals surface area contributed by atoms with Crippen molar-refractivity contribution in [3.63, 3.8) is 0 Å². The molecule has 1 aliphatic rings. The Labute approximate surface area is 208 Å². The van der Waals surface area contributed by atoms with Gasteiger partial charge in [0.15, 0.2) is 11.5 Å². The number of amides is 1. The molecule has 1 aliphatic heterocycles. The van der Waals surface area contributed by atoms with Gasteiger partial charge in [0.05, 0.1) is 24.8 Å². The minimum Gasteiger partial charge on any atom is -0.507 e. The first-order valence-electron chi connectivity index (χ1n) is 11.8. The third-order valence-electron chi connectivity index (χ3n) is 5.80. The zero-order chi connectivity index (χ0) is 25.7. The second-order valence-electron chi connectivity index (χ2n) is 8.28. The zero-order valence-electron chi connectivity index (χ0n) is 20.1. The van der Waals surface area contributed by atoms with E-state index in [0.29, 0.717) is 30.3 Å². The highest BCUT2D eigenvalue weighted by Gasteiger charge is 2.46. The quantitative estimate of drug-likeness (QED) is 0.257. The van der Waals surface area contributed by atoms with Gasteiger partial charge < -0.3 is 19.5 Å². The smallest absolute Gasteiger partial charge is 0.295 e. The van der Waals surface area contributed by atoms with E-state index >= 15 is 0 Å². The van der Waals surface area contributed by atoms with Crippen LogP contribution in [0.1, 0.15) is 43.0 Å². The highest BCUT2D eigenvalue weighted by atomic mass is 19.1. The first-order valence-corrected chi connectivity index (χ1v) is 11.8. The van der Waals surface area contributed by atoms with Crippen molar-refractivity contribution in [3.8, 4) is 11.5 Å². The fourth-order valence-electron chi connectivity index (χ4n) is 4.13. The maximum absolute atomic E-state index is 13.5. The van der Waals surface area contributed by atoms with Gasteiger partial charge in [-0.1, -0.05) is 13.0 Å². The van der Waals surface area contributed by atoms with Crippen molar-refractivity contribution in [1.29, 1.82) is 0 Å². The molecule has 0 bridgehead atoms. The standard InChI is InChI=1S/C28H27FN2O5/c1-3-15-36-22-10-7-20(16-23(22)35-4-2)25-24(26(32)19-5-8-21(29)9-6-19)27(33)28(34)31(25)17-18-11-13-30-14-12-18/h5-14,16,25,32H,3-4,15,17H2,1-2H3/b26-24+. The lowest BCUT2D eigenvalue weighted by Gasteiger charge is -2.26. The maximum atomic E-state index is 13.5. The number of carbonyl (C=O) groups excluding carboxylic acids is 2. The number of carbonyl (C=O) groups is 2. The number of halogens is 1. The van der Waals surface area contributed by atoms with Gasteiger partial charge in [0, 0.05) is 24.5 Å². The number of aliphatic hydroxyl groups is 1. The van der Waals surface area contributed by atoms with Crippen LogP contribution in [0.25, 0.3) is 5.76 Å². The minimum atomic E-state index is -0.900. The van der Waals surface area contributed by atoms with Crippen LogP contribution in [0.3, 0.4) is 0 Å². The van der Waals surface area contributed by atoms with E-state index < -0.39 is 23.5 Å². The molecule has 1 N–H and O–H groups in total. The molecule has 1 atom stereocenters. The Hall–Kier alpha value is -4.20. The lowest BCUT2D eigenvalue weighted by Crippen LogP contribution is -2.29. The van der Waals surface area contributed by atoms with E-state index in [1.807, 2.05) is 13.8 Å². The summed E-state index contributed by atoms with van der Waals surface area (Å²) in [6.45, 7) is 4.86. The van der Waals surface area contributed by atoms with Gasteiger partial charge in [0.1, 0.15) is 11.6 Å². The minimum absolute atomic E-state index is 0.0784. The molecule has 8 heteroatoms. The molecule has 0 saturated carbocycles. The van der Waals surface area contributed by atoms with Crippen LogP contribution in [0.4, 0.5) is 4.39 Å². The topological polar surface area (TPSA) is 89.0 Å². The molecule has 1 fully saturated rings. The van der Waals surface area contributed by atoms with Gasteiger partial charge in [0.25, 0.3) is 11.7 Å². The van der Waals surface area contributed by atoms with Crippen molar-refractivity contribution >= 4 is 17.4 Å². The molecule has 0 aliphatic carbocycles. The highest BCUT2D eigenvalue weighted by Crippen LogP contribution is 2.42. The fourth-order valence-corrected chi connectivity index (χ4v) is 4.13. The van der Waals surface area contributed by atoms with Crippen molar-refractivity contribution in [1.82, 2.24) is 9.88 Å². The van der Waals surface area contributed by atoms with E-state index in [4.69, 9.17) is 9.47 Å². The average molecular weight is 491 g/mol. The molecule has 1 saturated heterocycles. The van der Waals surface area contributed by atoms with Crippen molar-refractivity contribution in [3.05, 3.63) is 95.1 Å². The number of rotatable bonds is 9. The van der Waals surface area contributed by atoms with E-state index in [-0.39, 0.29) is 23.4 Å². The predicted octanol–water partition coefficient (Wildman–Crippen LogP) is 5.03. The van der Waals surface area contributed by atoms with Crippen LogP contribution in [0, 0.1) is 5.82 Å². The molecule has 1 amide bonds. The number of ether oxygens (including phenoxy) is 2. The Balaban J connectivity index is 1.86. The summed E-state index contributed by atoms with van der Waals surface area (Å²) in [5.74, 6) is -1.40. The number of ketones is 1. The van der Waals surface area contributed by atoms with E-state index in [1.54, 1.807) is 42.7 Å². The van der Waals surface area contributed by atoms with Crippen molar-refractivity contribution in [2.45, 2.75) is 32.9 Å². The third-order valence-corrected chi connectivity index (χ3v) is 5.80. The second-order valence-corrected chi connectivity index (χ2v) is 8.28. The molecule has 0 spiro atoms. The van der Waals surface area contributed by atoms with Gasteiger partial charge in [-0.15, -0.1) is 0 Å². The molecule has 4 rings (SSSR count). The molecule has 0 radical (unpaired) electrons. The molecule has 7 nitrogen and oxygen atoms in total. The van der Waals surface area contributed by atoms with Crippen molar-refractivity contribution in [2.24, 2.45) is 0 Å². The number of hydrogen-bond acceptors (Lipinski definition) is 6. The summed E-state index contributed by atoms with van der Waals surface area (Å²) in [6.07, 6.45) is 4.02. The van der Waals surface area contributed by atoms with E-state index in [2.05, 4.69) is 4.98 Å². The Kier molecular flexibility index (Phi) is 7.63. The number of Topliss-reactive ketones (excluding diaryl/α,β-unsaturated/α-hetero) is 1. The maximum Gasteiger partial charge on any atom is 0.295 e. The second kappa shape index (κ2) is 11.0. The van der Waals surface area contributed by atoms with Crippen LogP contribution in [-0.4, -0.2) is 39.9 Å². The number of aliphatic hydroxyl groups excluding tert-OH is 1. The van der Waals surface area contributed by atoms with Crippen LogP contribution in [-0.2, 0) is 16.1 Å². The van der Waals surface area contributed by atoms with Gasteiger partial charge in [-0.05, 0) is 73.0 Å². The van der Waals surface area contributed by atoms with Crippen LogP contribution in [0.5, 0.6) is 11.5 Å². The van der Waals surface area contributed by atoms with Crippen molar-refractivity contribution < 1.29 is 28.6 Å². The third kappa shape index (κ3) is 5.07. The summed E-state index contributed by atoms with van der Waals surface area (Å²) >= 11 is 0. The van der Waals surface area contributed by atoms with Gasteiger partial charge in [0.2, 0.25) is 0 Å². The number of hydrogen-bond donors (Lipinski definition) is 1. The SMILES string of the molecule is CCCOc1ccc(C2/C(=C(\O)c3ccc(F)cc3)C(=O)C(=O)N2Cc2ccncc2)cc1OCC. The summed E-state index contributed by atoms with van der Waals surface area (Å²) < 4.78 is 25.1. The Morgan fingerprint density at radius 1 is 1.00 bits per heavy atom. The van der Waals surface area contributed by atoms with Gasteiger partial charge >= 0.3 is 0 Å². The molecule has 2 heterocycles. The van der Waals surface area contributed by atoms with Crippen LogP contribution in [0.15, 0.2) is 72.6 Å². The number of nitrogens with zero attached hydrogens (tertiary/aromatic N) is 2. The molecule has 1 aromatic heterocycles. The van der Waals surface area contributed by atoms with Crippen LogP contribution < -0.4 is 9.47 Å². The van der Waals surface area contributed by atoms with Crippen molar-refractivity contribution in [2.75, 3.05) is 13.2 Å². The Morgan fingerprint density at radius 2 is 1.72 bits per heavy atom. The van der Waals surface area contributed by atoms with Gasteiger partial charge in [-0.2, -0.15) is 0 Å². The summed E-state index contributed by atoms with van der Waals surface area (Å²) in [5.41, 5.74) is 1.49. The summed E-state index contributed by atoms with van der Waals surface area (Å²) in [5, 5.41) is 11.1. The highest BCUT2D eigenvalue weighted by molar-refractivity contribution is 6.46. The zero-order valence-corrected chi connectivity index (χ0v) is 20.1. The molecule has 186 valence electrons. The monoisotopic (exact) mass is 490 g/mol. The molecule has 3 aromatic rings. The number of benzene rings is 2. The summed E-state index contributed by atoms with van der Waals surface area (Å²) in [7, 11) is 0. The van der Waals surface area contributed by atoms with E-state index in [0.717, 1.165) is 12.0 Å². The Bertz CT molecular complexity index is 1270. The van der Waals surface area contributed by atoms with E-state index in [9.17, 15) is 19.1 Å². The molecular formula is C28H27FN2O5. The lowest BCUT2D eigenvalue weighted by atomic mass is 9.94. The van der Waals surface area contributed by atoms with Crippen LogP contribution in [0.2, 0.25) is 0 Å². The molecular weight excluding hydrogens is 463 g/mol. The largest absolute Gasteiger partial charge is 0.507 e. The summed E-state index contributed by atoms with van der Waals surface area (Å²) in [4.78, 5) is 31.9. The molecule has 2 aromatic carbocycles. The first-order chi connectivity index (χ1) is 17.4. The Morgan fingerprint density at radius 3 is 2.39 bits per heavy atom. The average Bonchev–Trinajstić information content (AvgIpc) is 3.13. The van der Waals surface area contributed by atoms with E-state index in [1.165, 1.54) is 29.2 Å². The summed E-state index contributed by atoms with van der Waals surface area (Å²) in [6, 6.07) is 12.9. The number of pyridine rings is 1. The molecule has 1 unspecified atom stereocenters. The van der Waals surface area contributed by atoms with Gasteiger partial charge in [-0.3, -0.25) is 14.6 Å². The number of likely N-dealkylation sites (tertiary alicyclic amines) is 1. The normalized spacial score (nSPS) is 16.9.